The van der Waals surface area contributed by atoms with E-state index in [1.807, 2.05) is 0 Å². The molecular weight excluding hydrogens is 230 g/mol. The Morgan fingerprint density at radius 2 is 1.74 bits per heavy atom. The first kappa shape index (κ1) is 12.4. The zero-order valence-electron chi connectivity index (χ0n) is 11.5. The van der Waals surface area contributed by atoms with Gasteiger partial charge in [0.05, 0.1) is 0 Å². The summed E-state index contributed by atoms with van der Waals surface area (Å²) in [6.07, 6.45) is 3.52. The Balaban J connectivity index is 1.92. The van der Waals surface area contributed by atoms with Crippen LogP contribution in [0.15, 0.2) is 54.6 Å². The van der Waals surface area contributed by atoms with E-state index in [2.05, 4.69) is 66.8 Å². The number of nitrogens with one attached hydrogen (secondary N) is 1. The normalized spacial score (nSPS) is 21.9. The van der Waals surface area contributed by atoms with E-state index in [4.69, 9.17) is 0 Å². The van der Waals surface area contributed by atoms with Crippen molar-refractivity contribution in [2.75, 3.05) is 0 Å². The Bertz CT molecular complexity index is 532. The molecule has 0 spiro atoms. The molecule has 98 valence electrons. The highest BCUT2D eigenvalue weighted by molar-refractivity contribution is 5.35. The molecule has 0 amide bonds. The zero-order valence-corrected chi connectivity index (χ0v) is 11.5. The number of hydrogen-bond donors (Lipinski definition) is 1. The van der Waals surface area contributed by atoms with Gasteiger partial charge in [-0.05, 0) is 29.5 Å². The van der Waals surface area contributed by atoms with E-state index in [9.17, 15) is 0 Å². The summed E-state index contributed by atoms with van der Waals surface area (Å²) in [5, 5.41) is 3.83. The summed E-state index contributed by atoms with van der Waals surface area (Å²) in [7, 11) is 0. The van der Waals surface area contributed by atoms with Crippen molar-refractivity contribution in [1.29, 1.82) is 0 Å². The second-order valence-corrected chi connectivity index (χ2v) is 5.37. The fraction of sp³-hybridized carbons (Fsp3) is 0.333. The predicted octanol–water partition coefficient (Wildman–Crippen LogP) is 4.41. The van der Waals surface area contributed by atoms with Gasteiger partial charge in [-0.3, -0.25) is 0 Å². The Labute approximate surface area is 115 Å². The predicted molar refractivity (Wildman–Crippen MR) is 80.1 cm³/mol. The first-order valence-electron chi connectivity index (χ1n) is 7.27. The highest BCUT2D eigenvalue weighted by atomic mass is 15.0. The van der Waals surface area contributed by atoms with Gasteiger partial charge < -0.3 is 5.32 Å². The lowest BCUT2D eigenvalue weighted by molar-refractivity contribution is 0.391. The van der Waals surface area contributed by atoms with Gasteiger partial charge in [0.2, 0.25) is 0 Å². The lowest BCUT2D eigenvalue weighted by atomic mass is 9.86. The standard InChI is InChI=1S/C18H21N/c1-2-8-17-16-12-7-6-11-15(16)13-18(19-17)14-9-4-3-5-10-14/h3-7,9-12,17-19H,2,8,13H2,1H3/t17-,18-/m0/s1. The minimum atomic E-state index is 0.452. The molecule has 0 bridgehead atoms. The van der Waals surface area contributed by atoms with Crippen molar-refractivity contribution in [3.05, 3.63) is 71.3 Å². The van der Waals surface area contributed by atoms with Crippen LogP contribution in [-0.4, -0.2) is 0 Å². The molecule has 1 aliphatic heterocycles. The van der Waals surface area contributed by atoms with E-state index in [0.717, 1.165) is 6.42 Å². The molecule has 3 rings (SSSR count). The average molecular weight is 251 g/mol. The van der Waals surface area contributed by atoms with Gasteiger partial charge in [0, 0.05) is 12.1 Å². The third kappa shape index (κ3) is 2.57. The first-order chi connectivity index (χ1) is 9.38. The molecule has 2 aromatic carbocycles. The summed E-state index contributed by atoms with van der Waals surface area (Å²) in [6.45, 7) is 2.26. The summed E-state index contributed by atoms with van der Waals surface area (Å²) >= 11 is 0. The van der Waals surface area contributed by atoms with Crippen LogP contribution in [0, 0.1) is 0 Å². The molecule has 1 N–H and O–H groups in total. The number of hydrogen-bond acceptors (Lipinski definition) is 1. The molecule has 0 fully saturated rings. The number of benzene rings is 2. The van der Waals surface area contributed by atoms with Gasteiger partial charge in [-0.1, -0.05) is 67.9 Å². The second kappa shape index (κ2) is 5.58. The van der Waals surface area contributed by atoms with E-state index < -0.39 is 0 Å². The molecule has 19 heavy (non-hydrogen) atoms. The van der Waals surface area contributed by atoms with Gasteiger partial charge in [0.1, 0.15) is 0 Å². The fourth-order valence-electron chi connectivity index (χ4n) is 3.10. The van der Waals surface area contributed by atoms with Gasteiger partial charge in [0.15, 0.2) is 0 Å². The van der Waals surface area contributed by atoms with E-state index >= 15 is 0 Å². The molecule has 0 radical (unpaired) electrons. The maximum Gasteiger partial charge on any atom is 0.0366 e. The summed E-state index contributed by atoms with van der Waals surface area (Å²) in [6, 6.07) is 20.7. The second-order valence-electron chi connectivity index (χ2n) is 5.37. The highest BCUT2D eigenvalue weighted by Crippen LogP contribution is 2.33. The van der Waals surface area contributed by atoms with Crippen molar-refractivity contribution in [3.8, 4) is 0 Å². The van der Waals surface area contributed by atoms with Crippen LogP contribution in [0.25, 0.3) is 0 Å². The van der Waals surface area contributed by atoms with E-state index in [-0.39, 0.29) is 0 Å². The van der Waals surface area contributed by atoms with Crippen LogP contribution in [0.1, 0.15) is 48.5 Å². The minimum absolute atomic E-state index is 0.452. The largest absolute Gasteiger partial charge is 0.303 e. The average Bonchev–Trinajstić information content (AvgIpc) is 2.48. The third-order valence-electron chi connectivity index (χ3n) is 4.04. The van der Waals surface area contributed by atoms with Crippen molar-refractivity contribution in [1.82, 2.24) is 5.32 Å². The van der Waals surface area contributed by atoms with Crippen LogP contribution in [0.4, 0.5) is 0 Å². The van der Waals surface area contributed by atoms with E-state index in [1.165, 1.54) is 29.5 Å². The Hall–Kier alpha value is -1.60. The molecule has 0 saturated heterocycles. The molecule has 0 aliphatic carbocycles. The molecule has 1 aliphatic rings. The topological polar surface area (TPSA) is 12.0 Å². The monoisotopic (exact) mass is 251 g/mol. The fourth-order valence-corrected chi connectivity index (χ4v) is 3.10. The van der Waals surface area contributed by atoms with Crippen molar-refractivity contribution in [2.45, 2.75) is 38.3 Å². The molecule has 0 unspecified atom stereocenters. The Kier molecular flexibility index (Phi) is 3.65. The molecular formula is C18H21N. The zero-order chi connectivity index (χ0) is 13.1. The number of fused-ring (bicyclic) bond motifs is 1. The molecule has 1 heteroatoms. The molecule has 0 aromatic heterocycles. The van der Waals surface area contributed by atoms with Crippen LogP contribution in [0.5, 0.6) is 0 Å². The Morgan fingerprint density at radius 1 is 1.00 bits per heavy atom. The quantitative estimate of drug-likeness (QED) is 0.851. The first-order valence-corrected chi connectivity index (χ1v) is 7.27. The van der Waals surface area contributed by atoms with Crippen molar-refractivity contribution in [2.24, 2.45) is 0 Å². The van der Waals surface area contributed by atoms with Gasteiger partial charge in [-0.25, -0.2) is 0 Å². The third-order valence-corrected chi connectivity index (χ3v) is 4.04. The van der Waals surface area contributed by atoms with E-state index in [1.54, 1.807) is 0 Å². The molecule has 0 saturated carbocycles. The van der Waals surface area contributed by atoms with Crippen LogP contribution in [0.2, 0.25) is 0 Å². The number of rotatable bonds is 3. The van der Waals surface area contributed by atoms with Crippen molar-refractivity contribution in [3.63, 3.8) is 0 Å². The maximum absolute atomic E-state index is 3.83. The molecule has 1 nitrogen and oxygen atoms in total. The summed E-state index contributed by atoms with van der Waals surface area (Å²) in [4.78, 5) is 0. The van der Waals surface area contributed by atoms with E-state index in [0.29, 0.717) is 12.1 Å². The minimum Gasteiger partial charge on any atom is -0.303 e. The van der Waals surface area contributed by atoms with Crippen LogP contribution in [0.3, 0.4) is 0 Å². The van der Waals surface area contributed by atoms with Crippen LogP contribution < -0.4 is 5.32 Å². The Morgan fingerprint density at radius 3 is 2.53 bits per heavy atom. The van der Waals surface area contributed by atoms with Gasteiger partial charge in [-0.15, -0.1) is 0 Å². The lowest BCUT2D eigenvalue weighted by Crippen LogP contribution is -2.33. The smallest absolute Gasteiger partial charge is 0.0366 e. The van der Waals surface area contributed by atoms with Gasteiger partial charge in [-0.2, -0.15) is 0 Å². The molecule has 2 aromatic rings. The van der Waals surface area contributed by atoms with Gasteiger partial charge in [0.25, 0.3) is 0 Å². The summed E-state index contributed by atoms with van der Waals surface area (Å²) in [5.41, 5.74) is 4.41. The van der Waals surface area contributed by atoms with Crippen LogP contribution >= 0.6 is 0 Å². The molecule has 1 heterocycles. The summed E-state index contributed by atoms with van der Waals surface area (Å²) < 4.78 is 0. The van der Waals surface area contributed by atoms with Crippen molar-refractivity contribution < 1.29 is 0 Å². The highest BCUT2D eigenvalue weighted by Gasteiger charge is 2.25. The summed E-state index contributed by atoms with van der Waals surface area (Å²) in [5.74, 6) is 0. The lowest BCUT2D eigenvalue weighted by Gasteiger charge is -2.33. The van der Waals surface area contributed by atoms with Gasteiger partial charge >= 0.3 is 0 Å². The SMILES string of the molecule is CCC[C@@H]1N[C@H](c2ccccc2)Cc2ccccc21. The van der Waals surface area contributed by atoms with Crippen molar-refractivity contribution >= 4 is 0 Å². The maximum atomic E-state index is 3.83. The van der Waals surface area contributed by atoms with Crippen LogP contribution in [-0.2, 0) is 6.42 Å². The molecule has 2 atom stereocenters.